The number of benzene rings is 1. The molecule has 0 radical (unpaired) electrons. The van der Waals surface area contributed by atoms with E-state index in [0.29, 0.717) is 30.8 Å². The van der Waals surface area contributed by atoms with Gasteiger partial charge in [0, 0.05) is 44.3 Å². The lowest BCUT2D eigenvalue weighted by Gasteiger charge is -2.35. The van der Waals surface area contributed by atoms with Crippen molar-refractivity contribution in [2.24, 2.45) is 5.92 Å². The second-order valence-electron chi connectivity index (χ2n) is 8.96. The highest BCUT2D eigenvalue weighted by Gasteiger charge is 2.57. The first-order chi connectivity index (χ1) is 14.9. The van der Waals surface area contributed by atoms with Gasteiger partial charge in [-0.1, -0.05) is 19.1 Å². The Morgan fingerprint density at radius 1 is 1.13 bits per heavy atom. The monoisotopic (exact) mass is 426 g/mol. The Bertz CT molecular complexity index is 892. The summed E-state index contributed by atoms with van der Waals surface area (Å²) in [5, 5.41) is 0. The molecule has 3 amide bonds. The quantitative estimate of drug-likeness (QED) is 0.626. The third-order valence-electron chi connectivity index (χ3n) is 6.94. The molecule has 3 fully saturated rings. The number of ketones is 1. The van der Waals surface area contributed by atoms with Crippen LogP contribution in [0.4, 0.5) is 0 Å². The van der Waals surface area contributed by atoms with Crippen molar-refractivity contribution in [1.29, 1.82) is 0 Å². The zero-order valence-electron chi connectivity index (χ0n) is 18.3. The van der Waals surface area contributed by atoms with Gasteiger partial charge in [0.15, 0.2) is 0 Å². The number of amides is 3. The van der Waals surface area contributed by atoms with Crippen LogP contribution in [0.25, 0.3) is 0 Å². The molecule has 0 bridgehead atoms. The highest BCUT2D eigenvalue weighted by Crippen LogP contribution is 2.45. The van der Waals surface area contributed by atoms with E-state index in [-0.39, 0.29) is 48.3 Å². The average molecular weight is 427 g/mol. The number of carbonyl (C=O) groups is 4. The summed E-state index contributed by atoms with van der Waals surface area (Å²) >= 11 is 0. The van der Waals surface area contributed by atoms with Gasteiger partial charge in [-0.2, -0.15) is 0 Å². The lowest BCUT2D eigenvalue weighted by atomic mass is 9.75. The van der Waals surface area contributed by atoms with Gasteiger partial charge in [0.25, 0.3) is 0 Å². The summed E-state index contributed by atoms with van der Waals surface area (Å²) in [6, 6.07) is 7.06. The fraction of sp³-hybridized carbons (Fsp3) is 0.583. The smallest absolute Gasteiger partial charge is 0.241 e. The Labute approximate surface area is 182 Å². The van der Waals surface area contributed by atoms with Gasteiger partial charge in [0.1, 0.15) is 11.5 Å². The Morgan fingerprint density at radius 2 is 1.84 bits per heavy atom. The Balaban J connectivity index is 1.62. The summed E-state index contributed by atoms with van der Waals surface area (Å²) in [5.74, 6) is 0.0598. The zero-order chi connectivity index (χ0) is 22.2. The number of carbonyl (C=O) groups excluding carboxylic acids is 4. The largest absolute Gasteiger partial charge is 0.497 e. The van der Waals surface area contributed by atoms with Gasteiger partial charge in [0.2, 0.25) is 17.7 Å². The van der Waals surface area contributed by atoms with Crippen LogP contribution in [0.2, 0.25) is 0 Å². The zero-order valence-corrected chi connectivity index (χ0v) is 18.3. The predicted octanol–water partition coefficient (Wildman–Crippen LogP) is 2.46. The number of piperidine rings is 1. The van der Waals surface area contributed by atoms with Crippen molar-refractivity contribution in [3.63, 3.8) is 0 Å². The minimum atomic E-state index is -1.19. The fourth-order valence-electron chi connectivity index (χ4n) is 4.97. The Hall–Kier alpha value is -2.70. The standard InChI is InChI=1S/C24H30N2O5/c1-3-20(27)16-5-4-12-25(15-16)21(28)13-24(17-6-10-19(31-2)11-7-17)14-22(29)26(23(24)30)18-8-9-18/h6-7,10-11,16,18H,3-5,8-9,12-15H2,1-2H3. The van der Waals surface area contributed by atoms with E-state index < -0.39 is 5.41 Å². The molecule has 2 aliphatic heterocycles. The molecule has 2 unspecified atom stereocenters. The van der Waals surface area contributed by atoms with Gasteiger partial charge in [-0.3, -0.25) is 24.1 Å². The summed E-state index contributed by atoms with van der Waals surface area (Å²) in [6.45, 7) is 2.83. The van der Waals surface area contributed by atoms with Gasteiger partial charge in [-0.25, -0.2) is 0 Å². The number of ether oxygens (including phenoxy) is 1. The molecule has 0 spiro atoms. The summed E-state index contributed by atoms with van der Waals surface area (Å²) in [5.41, 5.74) is -0.522. The van der Waals surface area contributed by atoms with Gasteiger partial charge < -0.3 is 9.64 Å². The van der Waals surface area contributed by atoms with Gasteiger partial charge in [0.05, 0.1) is 12.5 Å². The molecule has 31 heavy (non-hydrogen) atoms. The molecule has 166 valence electrons. The van der Waals surface area contributed by atoms with Crippen LogP contribution in [-0.4, -0.2) is 59.5 Å². The van der Waals surface area contributed by atoms with Crippen molar-refractivity contribution >= 4 is 23.5 Å². The SMILES string of the molecule is CCC(=O)C1CCCN(C(=O)CC2(c3ccc(OC)cc3)CC(=O)N(C3CC3)C2=O)C1. The molecular formula is C24H30N2O5. The van der Waals surface area contributed by atoms with E-state index in [2.05, 4.69) is 0 Å². The molecular weight excluding hydrogens is 396 g/mol. The minimum absolute atomic E-state index is 0.00552. The van der Waals surface area contributed by atoms with Gasteiger partial charge >= 0.3 is 0 Å². The molecule has 0 aromatic heterocycles. The number of Topliss-reactive ketones (excluding diaryl/α,β-unsaturated/α-hetero) is 1. The molecule has 0 N–H and O–H groups in total. The summed E-state index contributed by atoms with van der Waals surface area (Å²) in [7, 11) is 1.57. The summed E-state index contributed by atoms with van der Waals surface area (Å²) in [6.07, 6.45) is 3.65. The molecule has 7 heteroatoms. The first-order valence-corrected chi connectivity index (χ1v) is 11.2. The van der Waals surface area contributed by atoms with Crippen molar-refractivity contribution in [1.82, 2.24) is 9.80 Å². The van der Waals surface area contributed by atoms with E-state index in [1.54, 1.807) is 36.3 Å². The van der Waals surface area contributed by atoms with Crippen molar-refractivity contribution in [3.8, 4) is 5.75 Å². The molecule has 7 nitrogen and oxygen atoms in total. The minimum Gasteiger partial charge on any atom is -0.497 e. The van der Waals surface area contributed by atoms with Crippen molar-refractivity contribution in [2.75, 3.05) is 20.2 Å². The topological polar surface area (TPSA) is 84.0 Å². The molecule has 1 saturated carbocycles. The van der Waals surface area contributed by atoms with Crippen LogP contribution in [0.15, 0.2) is 24.3 Å². The molecule has 2 saturated heterocycles. The molecule has 1 aromatic carbocycles. The maximum Gasteiger partial charge on any atom is 0.241 e. The van der Waals surface area contributed by atoms with Crippen LogP contribution in [-0.2, 0) is 24.6 Å². The van der Waals surface area contributed by atoms with Crippen LogP contribution in [0.3, 0.4) is 0 Å². The van der Waals surface area contributed by atoms with E-state index in [1.165, 1.54) is 4.90 Å². The number of methoxy groups -OCH3 is 1. The highest BCUT2D eigenvalue weighted by molar-refractivity contribution is 6.11. The van der Waals surface area contributed by atoms with Crippen LogP contribution in [0.5, 0.6) is 5.75 Å². The average Bonchev–Trinajstić information content (AvgIpc) is 3.59. The maximum absolute atomic E-state index is 13.6. The van der Waals surface area contributed by atoms with Crippen LogP contribution >= 0.6 is 0 Å². The van der Waals surface area contributed by atoms with Gasteiger partial charge in [-0.05, 0) is 43.4 Å². The van der Waals surface area contributed by atoms with Crippen LogP contribution in [0.1, 0.15) is 57.4 Å². The lowest BCUT2D eigenvalue weighted by molar-refractivity contribution is -0.144. The second-order valence-corrected chi connectivity index (χ2v) is 8.96. The van der Waals surface area contributed by atoms with E-state index in [0.717, 1.165) is 25.7 Å². The Morgan fingerprint density at radius 3 is 2.45 bits per heavy atom. The number of likely N-dealkylation sites (tertiary alicyclic amines) is 2. The summed E-state index contributed by atoms with van der Waals surface area (Å²) < 4.78 is 5.23. The van der Waals surface area contributed by atoms with Crippen molar-refractivity contribution < 1.29 is 23.9 Å². The number of imide groups is 1. The molecule has 3 aliphatic rings. The number of hydrogen-bond acceptors (Lipinski definition) is 5. The number of nitrogens with zero attached hydrogens (tertiary/aromatic N) is 2. The molecule has 1 aromatic rings. The van der Waals surface area contributed by atoms with Crippen LogP contribution in [0, 0.1) is 5.92 Å². The van der Waals surface area contributed by atoms with Crippen molar-refractivity contribution in [3.05, 3.63) is 29.8 Å². The predicted molar refractivity (Wildman–Crippen MR) is 113 cm³/mol. The molecule has 4 rings (SSSR count). The van der Waals surface area contributed by atoms with Crippen molar-refractivity contribution in [2.45, 2.75) is 63.3 Å². The lowest BCUT2D eigenvalue weighted by Crippen LogP contribution is -2.47. The first kappa shape index (κ1) is 21.5. The van der Waals surface area contributed by atoms with E-state index in [4.69, 9.17) is 4.74 Å². The first-order valence-electron chi connectivity index (χ1n) is 11.2. The van der Waals surface area contributed by atoms with E-state index in [9.17, 15) is 19.2 Å². The molecule has 2 atom stereocenters. The number of hydrogen-bond donors (Lipinski definition) is 0. The van der Waals surface area contributed by atoms with Crippen LogP contribution < -0.4 is 4.74 Å². The maximum atomic E-state index is 13.6. The second kappa shape index (κ2) is 8.44. The third-order valence-corrected chi connectivity index (χ3v) is 6.94. The third kappa shape index (κ3) is 3.98. The normalized spacial score (nSPS) is 26.3. The number of rotatable bonds is 7. The Kier molecular flexibility index (Phi) is 5.86. The summed E-state index contributed by atoms with van der Waals surface area (Å²) in [4.78, 5) is 55.0. The van der Waals surface area contributed by atoms with E-state index in [1.807, 2.05) is 6.92 Å². The highest BCUT2D eigenvalue weighted by atomic mass is 16.5. The fourth-order valence-corrected chi connectivity index (χ4v) is 4.97. The molecule has 1 aliphatic carbocycles. The van der Waals surface area contributed by atoms with E-state index >= 15 is 0 Å². The van der Waals surface area contributed by atoms with Gasteiger partial charge in [-0.15, -0.1) is 0 Å². The molecule has 2 heterocycles.